The molecule has 9 N–H and O–H groups in total. The van der Waals surface area contributed by atoms with Crippen LogP contribution < -0.4 is 22.9 Å². The van der Waals surface area contributed by atoms with Crippen LogP contribution in [0.4, 0.5) is 0 Å². The van der Waals surface area contributed by atoms with Gasteiger partial charge in [0.25, 0.3) is 0 Å². The van der Waals surface area contributed by atoms with Crippen molar-refractivity contribution >= 4 is 0 Å². The van der Waals surface area contributed by atoms with Gasteiger partial charge in [-0.25, -0.2) is 0 Å². The molecule has 0 aromatic heterocycles. The van der Waals surface area contributed by atoms with Gasteiger partial charge in [-0.05, 0) is 37.3 Å². The smallest absolute Gasteiger partial charge is 0.140 e. The van der Waals surface area contributed by atoms with E-state index in [4.69, 9.17) is 22.9 Å². The number of rotatable bonds is 0. The molecule has 0 aromatic rings. The fraction of sp³-hybridized carbons (Fsp3) is 0.714. The molecule has 5 atom stereocenters. The zero-order valence-corrected chi connectivity index (χ0v) is 11.9. The van der Waals surface area contributed by atoms with E-state index in [0.717, 1.165) is 12.8 Å². The first-order chi connectivity index (χ1) is 8.72. The third-order valence-electron chi connectivity index (χ3n) is 4.00. The van der Waals surface area contributed by atoms with E-state index in [9.17, 15) is 5.11 Å². The Kier molecular flexibility index (Phi) is 5.55. The molecule has 5 nitrogen and oxygen atoms in total. The van der Waals surface area contributed by atoms with Crippen LogP contribution in [0.25, 0.3) is 0 Å². The van der Waals surface area contributed by atoms with Crippen molar-refractivity contribution in [1.29, 1.82) is 0 Å². The first-order valence-electron chi connectivity index (χ1n) is 6.91. The summed E-state index contributed by atoms with van der Waals surface area (Å²) in [5.74, 6) is 0.615. The first kappa shape index (κ1) is 16.2. The molecule has 5 unspecified atom stereocenters. The lowest BCUT2D eigenvalue weighted by atomic mass is 9.84. The monoisotopic (exact) mass is 268 g/mol. The molecule has 2 aliphatic rings. The summed E-state index contributed by atoms with van der Waals surface area (Å²) in [6.07, 6.45) is 8.37. The lowest BCUT2D eigenvalue weighted by molar-refractivity contribution is 0.0592. The molecule has 0 aliphatic heterocycles. The van der Waals surface area contributed by atoms with Gasteiger partial charge >= 0.3 is 0 Å². The average Bonchev–Trinajstić information content (AvgIpc) is 2.30. The number of hydrogen-bond acceptors (Lipinski definition) is 5. The molecule has 110 valence electrons. The lowest BCUT2D eigenvalue weighted by Gasteiger charge is -2.29. The number of aliphatic hydroxyl groups is 1. The zero-order valence-electron chi connectivity index (χ0n) is 11.9. The molecular weight excluding hydrogens is 240 g/mol. The largest absolute Gasteiger partial charge is 0.399 e. The molecule has 2 rings (SSSR count). The second-order valence-corrected chi connectivity index (χ2v) is 5.89. The van der Waals surface area contributed by atoms with Crippen molar-refractivity contribution in [1.82, 2.24) is 0 Å². The first-order valence-corrected chi connectivity index (χ1v) is 6.91. The Morgan fingerprint density at radius 1 is 1.26 bits per heavy atom. The van der Waals surface area contributed by atoms with Crippen molar-refractivity contribution in [3.8, 4) is 0 Å². The van der Waals surface area contributed by atoms with Crippen molar-refractivity contribution in [3.05, 3.63) is 23.9 Å². The Bertz CT molecular complexity index is 351. The highest BCUT2D eigenvalue weighted by Gasteiger charge is 2.26. The summed E-state index contributed by atoms with van der Waals surface area (Å²) in [4.78, 5) is 0. The Morgan fingerprint density at radius 2 is 1.89 bits per heavy atom. The molecule has 0 heterocycles. The Morgan fingerprint density at radius 3 is 2.32 bits per heavy atom. The van der Waals surface area contributed by atoms with Gasteiger partial charge in [-0.3, -0.25) is 5.73 Å². The van der Waals surface area contributed by atoms with Crippen LogP contribution in [0.3, 0.4) is 0 Å². The Hall–Kier alpha value is -0.880. The molecule has 1 saturated carbocycles. The molecule has 19 heavy (non-hydrogen) atoms. The van der Waals surface area contributed by atoms with Gasteiger partial charge in [-0.2, -0.15) is 0 Å². The van der Waals surface area contributed by atoms with Crippen LogP contribution in [0.5, 0.6) is 0 Å². The second kappa shape index (κ2) is 6.52. The van der Waals surface area contributed by atoms with Crippen LogP contribution in [-0.4, -0.2) is 22.9 Å². The zero-order chi connectivity index (χ0) is 14.6. The molecule has 2 aliphatic carbocycles. The van der Waals surface area contributed by atoms with Gasteiger partial charge in [-0.15, -0.1) is 0 Å². The molecule has 0 aromatic carbocycles. The van der Waals surface area contributed by atoms with Crippen molar-refractivity contribution in [3.63, 3.8) is 0 Å². The lowest BCUT2D eigenvalue weighted by Crippen LogP contribution is -2.45. The molecule has 0 radical (unpaired) electrons. The summed E-state index contributed by atoms with van der Waals surface area (Å²) in [6, 6.07) is 0.727. The predicted octanol–water partition coefficient (Wildman–Crippen LogP) is 0.143. The van der Waals surface area contributed by atoms with Crippen LogP contribution in [0.15, 0.2) is 23.9 Å². The Balaban J connectivity index is 0.000000191. The van der Waals surface area contributed by atoms with Gasteiger partial charge < -0.3 is 22.3 Å². The van der Waals surface area contributed by atoms with E-state index in [1.165, 1.54) is 12.5 Å². The van der Waals surface area contributed by atoms with E-state index in [0.29, 0.717) is 23.7 Å². The van der Waals surface area contributed by atoms with Crippen molar-refractivity contribution in [2.45, 2.75) is 50.9 Å². The average molecular weight is 268 g/mol. The normalized spacial score (nSPS) is 42.1. The van der Waals surface area contributed by atoms with E-state index in [1.807, 2.05) is 6.92 Å². The summed E-state index contributed by atoms with van der Waals surface area (Å²) in [5.41, 5.74) is 21.6. The van der Waals surface area contributed by atoms with Crippen LogP contribution in [0.1, 0.15) is 33.1 Å². The Labute approximate surface area is 115 Å². The van der Waals surface area contributed by atoms with Gasteiger partial charge in [0.1, 0.15) is 5.72 Å². The standard InChI is InChI=1S/C7H12N2O.C7H16N2/c1-5-2-3-6(8)4-7(5,9)10;1-5-2-3-6(8)4-7(5)9/h2-5,10H,8-9H2,1H3;5-7H,2-4,8-9H2,1H3. The second-order valence-electron chi connectivity index (χ2n) is 5.89. The van der Waals surface area contributed by atoms with Crippen LogP contribution in [-0.2, 0) is 0 Å². The highest BCUT2D eigenvalue weighted by atomic mass is 16.3. The van der Waals surface area contributed by atoms with E-state index in [2.05, 4.69) is 6.92 Å². The van der Waals surface area contributed by atoms with Crippen LogP contribution in [0.2, 0.25) is 0 Å². The summed E-state index contributed by atoms with van der Waals surface area (Å²) >= 11 is 0. The van der Waals surface area contributed by atoms with Crippen LogP contribution >= 0.6 is 0 Å². The summed E-state index contributed by atoms with van der Waals surface area (Å²) in [5, 5.41) is 9.38. The molecule has 0 saturated heterocycles. The summed E-state index contributed by atoms with van der Waals surface area (Å²) < 4.78 is 0. The van der Waals surface area contributed by atoms with Gasteiger partial charge in [0, 0.05) is 23.7 Å². The molecule has 0 spiro atoms. The van der Waals surface area contributed by atoms with Crippen molar-refractivity contribution < 1.29 is 5.11 Å². The molecule has 0 bridgehead atoms. The minimum absolute atomic E-state index is 0.0696. The van der Waals surface area contributed by atoms with Gasteiger partial charge in [0.05, 0.1) is 0 Å². The topological polar surface area (TPSA) is 124 Å². The summed E-state index contributed by atoms with van der Waals surface area (Å²) in [7, 11) is 0. The maximum atomic E-state index is 9.38. The molecule has 5 heteroatoms. The van der Waals surface area contributed by atoms with Gasteiger partial charge in [-0.1, -0.05) is 19.9 Å². The van der Waals surface area contributed by atoms with E-state index in [1.54, 1.807) is 12.2 Å². The van der Waals surface area contributed by atoms with Gasteiger partial charge in [0.2, 0.25) is 0 Å². The maximum Gasteiger partial charge on any atom is 0.140 e. The number of hydrogen-bond donors (Lipinski definition) is 5. The fourth-order valence-corrected chi connectivity index (χ4v) is 2.25. The minimum atomic E-state index is -1.27. The highest BCUT2D eigenvalue weighted by Crippen LogP contribution is 2.21. The van der Waals surface area contributed by atoms with E-state index >= 15 is 0 Å². The third kappa shape index (κ3) is 4.95. The molecule has 0 amide bonds. The quantitative estimate of drug-likeness (QED) is 0.400. The number of allylic oxidation sites excluding steroid dienone is 1. The number of nitrogens with two attached hydrogens (primary N) is 4. The van der Waals surface area contributed by atoms with Gasteiger partial charge in [0.15, 0.2) is 0 Å². The SMILES string of the molecule is CC1C=CC(N)=CC1(N)O.CC1CCC(N)CC1N. The molecular formula is C14H28N4O. The fourth-order valence-electron chi connectivity index (χ4n) is 2.25. The minimum Gasteiger partial charge on any atom is -0.399 e. The van der Waals surface area contributed by atoms with Crippen molar-refractivity contribution in [2.24, 2.45) is 34.8 Å². The van der Waals surface area contributed by atoms with Crippen molar-refractivity contribution in [2.75, 3.05) is 0 Å². The maximum absolute atomic E-state index is 9.38. The van der Waals surface area contributed by atoms with Crippen LogP contribution in [0, 0.1) is 11.8 Å². The third-order valence-corrected chi connectivity index (χ3v) is 4.00. The molecule has 1 fully saturated rings. The van der Waals surface area contributed by atoms with E-state index in [-0.39, 0.29) is 5.92 Å². The predicted molar refractivity (Wildman–Crippen MR) is 78.7 cm³/mol. The summed E-state index contributed by atoms with van der Waals surface area (Å²) in [6.45, 7) is 4.04. The van der Waals surface area contributed by atoms with E-state index < -0.39 is 5.72 Å². The highest BCUT2D eigenvalue weighted by molar-refractivity contribution is 5.26.